The average Bonchev–Trinajstić information content (AvgIpc) is 3.19. The van der Waals surface area contributed by atoms with Crippen LogP contribution < -0.4 is 21.0 Å². The van der Waals surface area contributed by atoms with Gasteiger partial charge in [-0.15, -0.1) is 11.3 Å². The Morgan fingerprint density at radius 3 is 2.67 bits per heavy atom. The molecule has 0 aliphatic carbocycles. The second-order valence-electron chi connectivity index (χ2n) is 7.69. The van der Waals surface area contributed by atoms with E-state index in [-0.39, 0.29) is 5.11 Å². The van der Waals surface area contributed by atoms with E-state index in [0.29, 0.717) is 43.1 Å². The summed E-state index contributed by atoms with van der Waals surface area (Å²) in [5.74, 6) is 0.00943. The number of thiophene rings is 1. The molecule has 6 nitrogen and oxygen atoms in total. The van der Waals surface area contributed by atoms with Gasteiger partial charge in [-0.1, -0.05) is 53.5 Å². The van der Waals surface area contributed by atoms with E-state index < -0.39 is 11.5 Å². The summed E-state index contributed by atoms with van der Waals surface area (Å²) in [4.78, 5) is 25.8. The SMILES string of the molecule is COc1ccc(-c2cc3ccccc3oc2=O)cc1NC(=S)NC(=O)c1sc2cc(Cl)ccc2c1Cl. The maximum atomic E-state index is 12.9. The van der Waals surface area contributed by atoms with E-state index in [1.54, 1.807) is 54.6 Å². The van der Waals surface area contributed by atoms with Gasteiger partial charge in [0.25, 0.3) is 5.91 Å². The zero-order chi connectivity index (χ0) is 25.4. The van der Waals surface area contributed by atoms with E-state index in [1.165, 1.54) is 18.4 Å². The number of methoxy groups -OCH3 is 1. The highest BCUT2D eigenvalue weighted by Crippen LogP contribution is 2.37. The molecule has 0 aliphatic rings. The van der Waals surface area contributed by atoms with Crippen molar-refractivity contribution in [2.45, 2.75) is 0 Å². The van der Waals surface area contributed by atoms with Crippen LogP contribution in [0.5, 0.6) is 5.75 Å². The van der Waals surface area contributed by atoms with Crippen LogP contribution >= 0.6 is 46.8 Å². The van der Waals surface area contributed by atoms with Gasteiger partial charge in [-0.3, -0.25) is 10.1 Å². The first-order chi connectivity index (χ1) is 17.3. The maximum absolute atomic E-state index is 12.9. The molecule has 2 heterocycles. The summed E-state index contributed by atoms with van der Waals surface area (Å²) in [5, 5.41) is 8.06. The van der Waals surface area contributed by atoms with Crippen molar-refractivity contribution >= 4 is 84.5 Å². The summed E-state index contributed by atoms with van der Waals surface area (Å²) in [7, 11) is 1.51. The normalized spacial score (nSPS) is 11.0. The van der Waals surface area contributed by atoms with Gasteiger partial charge in [-0.2, -0.15) is 0 Å². The van der Waals surface area contributed by atoms with Gasteiger partial charge in [0, 0.05) is 20.5 Å². The fourth-order valence-corrected chi connectivity index (χ4v) is 5.63. The lowest BCUT2D eigenvalue weighted by atomic mass is 10.0. The fraction of sp³-hybridized carbons (Fsp3) is 0.0385. The summed E-state index contributed by atoms with van der Waals surface area (Å²) >= 11 is 19.1. The van der Waals surface area contributed by atoms with Crippen LogP contribution in [0.1, 0.15) is 9.67 Å². The number of rotatable bonds is 4. The summed E-state index contributed by atoms with van der Waals surface area (Å²) in [6, 6.07) is 19.4. The molecule has 0 unspecified atom stereocenters. The molecule has 3 aromatic carbocycles. The number of amides is 1. The zero-order valence-electron chi connectivity index (χ0n) is 18.6. The Kier molecular flexibility index (Phi) is 6.68. The van der Waals surface area contributed by atoms with E-state index in [4.69, 9.17) is 44.6 Å². The largest absolute Gasteiger partial charge is 0.495 e. The molecule has 5 aromatic rings. The number of halogens is 2. The fourth-order valence-electron chi connectivity index (χ4n) is 3.73. The molecule has 2 aromatic heterocycles. The topological polar surface area (TPSA) is 80.6 Å². The lowest BCUT2D eigenvalue weighted by Crippen LogP contribution is -2.33. The molecular formula is C26H16Cl2N2O4S2. The predicted octanol–water partition coefficient (Wildman–Crippen LogP) is 7.12. The highest BCUT2D eigenvalue weighted by Gasteiger charge is 2.19. The molecule has 0 atom stereocenters. The van der Waals surface area contributed by atoms with Crippen LogP contribution in [0.3, 0.4) is 0 Å². The Labute approximate surface area is 224 Å². The van der Waals surface area contributed by atoms with Gasteiger partial charge in [0.15, 0.2) is 5.11 Å². The minimum Gasteiger partial charge on any atom is -0.495 e. The number of benzene rings is 3. The van der Waals surface area contributed by atoms with Crippen LogP contribution in [-0.2, 0) is 0 Å². The zero-order valence-corrected chi connectivity index (χ0v) is 21.7. The molecule has 2 N–H and O–H groups in total. The van der Waals surface area contributed by atoms with E-state index in [9.17, 15) is 9.59 Å². The lowest BCUT2D eigenvalue weighted by molar-refractivity contribution is 0.0982. The Balaban J connectivity index is 1.41. The Hall–Kier alpha value is -3.43. The van der Waals surface area contributed by atoms with E-state index in [2.05, 4.69) is 10.6 Å². The Bertz CT molecular complexity index is 1730. The van der Waals surface area contributed by atoms with Crippen molar-refractivity contribution in [1.82, 2.24) is 5.32 Å². The second kappa shape index (κ2) is 9.91. The van der Waals surface area contributed by atoms with Crippen molar-refractivity contribution in [3.05, 3.63) is 92.1 Å². The number of carbonyl (C=O) groups excluding carboxylic acids is 1. The number of thiocarbonyl (C=S) groups is 1. The molecule has 180 valence electrons. The molecule has 0 spiro atoms. The third-order valence-corrected chi connectivity index (χ3v) is 7.52. The van der Waals surface area contributed by atoms with E-state index >= 15 is 0 Å². The maximum Gasteiger partial charge on any atom is 0.344 e. The standard InChI is InChI=1S/C26H16Cl2N2O4S2/c1-33-20-9-6-13(17-10-14-4-2-3-5-19(14)34-25(17)32)11-18(20)29-26(35)30-24(31)23-22(28)16-8-7-15(27)12-21(16)36-23/h2-12H,1H3,(H2,29,30,31,35). The highest BCUT2D eigenvalue weighted by molar-refractivity contribution is 7.80. The smallest absolute Gasteiger partial charge is 0.344 e. The van der Waals surface area contributed by atoms with Crippen molar-refractivity contribution in [2.75, 3.05) is 12.4 Å². The van der Waals surface area contributed by atoms with Gasteiger partial charge in [0.05, 0.1) is 23.4 Å². The van der Waals surface area contributed by atoms with Gasteiger partial charge in [-0.25, -0.2) is 4.79 Å². The summed E-state index contributed by atoms with van der Waals surface area (Å²) in [5.41, 5.74) is 1.47. The first-order valence-electron chi connectivity index (χ1n) is 10.5. The van der Waals surface area contributed by atoms with Gasteiger partial charge < -0.3 is 14.5 Å². The number of nitrogens with one attached hydrogen (secondary N) is 2. The number of fused-ring (bicyclic) bond motifs is 2. The van der Waals surface area contributed by atoms with Gasteiger partial charge >= 0.3 is 5.63 Å². The molecule has 0 radical (unpaired) electrons. The number of carbonyl (C=O) groups is 1. The third-order valence-electron chi connectivity index (χ3n) is 5.42. The van der Waals surface area contributed by atoms with Gasteiger partial charge in [-0.05, 0) is 54.2 Å². The average molecular weight is 555 g/mol. The molecule has 0 aliphatic heterocycles. The molecule has 1 amide bonds. The van der Waals surface area contributed by atoms with Crippen LogP contribution in [-0.4, -0.2) is 18.1 Å². The van der Waals surface area contributed by atoms with Crippen molar-refractivity contribution in [1.29, 1.82) is 0 Å². The van der Waals surface area contributed by atoms with Crippen molar-refractivity contribution in [2.24, 2.45) is 0 Å². The molecule has 0 fully saturated rings. The molecular weight excluding hydrogens is 539 g/mol. The number of hydrogen-bond acceptors (Lipinski definition) is 6. The monoisotopic (exact) mass is 554 g/mol. The van der Waals surface area contributed by atoms with Crippen LogP contribution in [0.2, 0.25) is 10.0 Å². The first kappa shape index (κ1) is 24.3. The minimum atomic E-state index is -0.472. The third kappa shape index (κ3) is 4.68. The molecule has 0 saturated heterocycles. The molecule has 0 saturated carbocycles. The predicted molar refractivity (Wildman–Crippen MR) is 150 cm³/mol. The lowest BCUT2D eigenvalue weighted by Gasteiger charge is -2.14. The molecule has 10 heteroatoms. The van der Waals surface area contributed by atoms with Crippen LogP contribution in [0.15, 0.2) is 75.9 Å². The summed E-state index contributed by atoms with van der Waals surface area (Å²) in [6.45, 7) is 0. The molecule has 5 rings (SSSR count). The number of para-hydroxylation sites is 1. The number of ether oxygens (including phenoxy) is 1. The second-order valence-corrected chi connectivity index (χ2v) is 9.97. The van der Waals surface area contributed by atoms with E-state index in [1.807, 2.05) is 12.1 Å². The molecule has 0 bridgehead atoms. The first-order valence-corrected chi connectivity index (χ1v) is 12.5. The number of anilines is 1. The summed E-state index contributed by atoms with van der Waals surface area (Å²) < 4.78 is 11.7. The van der Waals surface area contributed by atoms with Crippen molar-refractivity contribution in [3.8, 4) is 16.9 Å². The molecule has 36 heavy (non-hydrogen) atoms. The van der Waals surface area contributed by atoms with Crippen molar-refractivity contribution < 1.29 is 13.9 Å². The highest BCUT2D eigenvalue weighted by atomic mass is 35.5. The van der Waals surface area contributed by atoms with Gasteiger partial charge in [0.1, 0.15) is 16.2 Å². The van der Waals surface area contributed by atoms with E-state index in [0.717, 1.165) is 15.5 Å². The van der Waals surface area contributed by atoms with Crippen LogP contribution in [0.25, 0.3) is 32.2 Å². The quantitative estimate of drug-likeness (QED) is 0.182. The van der Waals surface area contributed by atoms with Crippen molar-refractivity contribution in [3.63, 3.8) is 0 Å². The Morgan fingerprint density at radius 2 is 1.86 bits per heavy atom. The van der Waals surface area contributed by atoms with Crippen LogP contribution in [0.4, 0.5) is 5.69 Å². The number of hydrogen-bond donors (Lipinski definition) is 2. The Morgan fingerprint density at radius 1 is 1.06 bits per heavy atom. The summed E-state index contributed by atoms with van der Waals surface area (Å²) in [6.07, 6.45) is 0. The van der Waals surface area contributed by atoms with Gasteiger partial charge in [0.2, 0.25) is 0 Å². The minimum absolute atomic E-state index is 0.0348. The van der Waals surface area contributed by atoms with Crippen LogP contribution in [0, 0.1) is 0 Å².